The van der Waals surface area contributed by atoms with Crippen molar-refractivity contribution >= 4 is 17.5 Å². The Morgan fingerprint density at radius 2 is 1.61 bits per heavy atom. The van der Waals surface area contributed by atoms with Crippen LogP contribution < -0.4 is 21.1 Å². The van der Waals surface area contributed by atoms with E-state index in [2.05, 4.69) is 20.4 Å². The number of amides is 2. The van der Waals surface area contributed by atoms with Gasteiger partial charge in [-0.2, -0.15) is 0 Å². The predicted molar refractivity (Wildman–Crippen MR) is 115 cm³/mol. The normalized spacial score (nSPS) is 12.0. The number of nitrogens with one attached hydrogen (secondary N) is 2. The molecule has 1 heterocycles. The van der Waals surface area contributed by atoms with E-state index in [9.17, 15) is 22.8 Å². The summed E-state index contributed by atoms with van der Waals surface area (Å²) in [7, 11) is 0. The molecule has 0 radical (unpaired) electrons. The number of aromatic nitrogens is 1. The molecule has 0 aliphatic carbocycles. The zero-order chi connectivity index (χ0) is 23.8. The summed E-state index contributed by atoms with van der Waals surface area (Å²) in [5, 5.41) is 5.42. The van der Waals surface area contributed by atoms with Gasteiger partial charge < -0.3 is 21.1 Å². The van der Waals surface area contributed by atoms with E-state index >= 15 is 0 Å². The lowest BCUT2D eigenvalue weighted by Crippen LogP contribution is -2.27. The molecule has 2 amide bonds. The Labute approximate surface area is 187 Å². The van der Waals surface area contributed by atoms with Gasteiger partial charge in [0.15, 0.2) is 0 Å². The van der Waals surface area contributed by atoms with E-state index in [1.165, 1.54) is 24.3 Å². The van der Waals surface area contributed by atoms with Crippen LogP contribution >= 0.6 is 0 Å². The Morgan fingerprint density at radius 3 is 2.21 bits per heavy atom. The summed E-state index contributed by atoms with van der Waals surface area (Å²) in [6.07, 6.45) is -1.62. The minimum absolute atomic E-state index is 0.00216. The molecule has 1 atom stereocenters. The van der Waals surface area contributed by atoms with Gasteiger partial charge in [0.05, 0.1) is 0 Å². The summed E-state index contributed by atoms with van der Waals surface area (Å²) in [6.45, 7) is 0.131. The third-order valence-electron chi connectivity index (χ3n) is 4.59. The van der Waals surface area contributed by atoms with Crippen LogP contribution in [0.15, 0.2) is 73.1 Å². The molecule has 1 aromatic heterocycles. The highest BCUT2D eigenvalue weighted by atomic mass is 19.4. The van der Waals surface area contributed by atoms with Crippen LogP contribution in [0.5, 0.6) is 5.75 Å². The van der Waals surface area contributed by atoms with Crippen molar-refractivity contribution in [2.75, 3.05) is 5.32 Å². The molecule has 0 saturated heterocycles. The van der Waals surface area contributed by atoms with Crippen molar-refractivity contribution in [3.8, 4) is 5.75 Å². The van der Waals surface area contributed by atoms with Crippen LogP contribution in [0.2, 0.25) is 0 Å². The van der Waals surface area contributed by atoms with Crippen molar-refractivity contribution in [1.29, 1.82) is 0 Å². The Kier molecular flexibility index (Phi) is 7.62. The van der Waals surface area contributed by atoms with Crippen LogP contribution in [0.4, 0.5) is 18.9 Å². The van der Waals surface area contributed by atoms with Crippen molar-refractivity contribution in [2.45, 2.75) is 25.4 Å². The second kappa shape index (κ2) is 10.6. The van der Waals surface area contributed by atoms with Gasteiger partial charge in [-0.15, -0.1) is 13.2 Å². The molecule has 0 fully saturated rings. The second-order valence-electron chi connectivity index (χ2n) is 7.09. The molecule has 10 heteroatoms. The van der Waals surface area contributed by atoms with Gasteiger partial charge in [-0.1, -0.05) is 24.3 Å². The maximum atomic E-state index is 12.3. The van der Waals surface area contributed by atoms with Gasteiger partial charge in [0.1, 0.15) is 5.75 Å². The Morgan fingerprint density at radius 1 is 0.970 bits per heavy atom. The molecule has 0 aliphatic heterocycles. The van der Waals surface area contributed by atoms with Crippen LogP contribution in [-0.2, 0) is 11.3 Å². The minimum Gasteiger partial charge on any atom is -0.406 e. The number of nitrogens with two attached hydrogens (primary N) is 1. The van der Waals surface area contributed by atoms with Crippen molar-refractivity contribution in [1.82, 2.24) is 10.3 Å². The Balaban J connectivity index is 1.47. The second-order valence-corrected chi connectivity index (χ2v) is 7.09. The van der Waals surface area contributed by atoms with Crippen LogP contribution in [0, 0.1) is 0 Å². The first-order valence-electron chi connectivity index (χ1n) is 9.88. The smallest absolute Gasteiger partial charge is 0.406 e. The maximum absolute atomic E-state index is 12.3. The quantitative estimate of drug-likeness (QED) is 0.474. The zero-order valence-electron chi connectivity index (χ0n) is 17.3. The highest BCUT2D eigenvalue weighted by Crippen LogP contribution is 2.23. The van der Waals surface area contributed by atoms with Crippen molar-refractivity contribution in [2.24, 2.45) is 5.73 Å². The number of nitrogens with zero attached hydrogens (tertiary/aromatic N) is 1. The molecule has 0 saturated carbocycles. The monoisotopic (exact) mass is 458 g/mol. The van der Waals surface area contributed by atoms with E-state index in [1.54, 1.807) is 48.8 Å². The number of alkyl halides is 3. The van der Waals surface area contributed by atoms with E-state index < -0.39 is 12.4 Å². The number of ether oxygens (including phenoxy) is 1. The molecule has 7 nitrogen and oxygen atoms in total. The third-order valence-corrected chi connectivity index (χ3v) is 4.59. The highest BCUT2D eigenvalue weighted by molar-refractivity contribution is 6.04. The minimum atomic E-state index is -4.76. The van der Waals surface area contributed by atoms with Crippen molar-refractivity contribution in [3.63, 3.8) is 0 Å². The van der Waals surface area contributed by atoms with Gasteiger partial charge >= 0.3 is 6.36 Å². The predicted octanol–water partition coefficient (Wildman–Crippen LogP) is 3.94. The summed E-state index contributed by atoms with van der Waals surface area (Å²) in [4.78, 5) is 28.4. The first kappa shape index (κ1) is 23.7. The number of benzene rings is 2. The van der Waals surface area contributed by atoms with E-state index in [0.29, 0.717) is 22.4 Å². The van der Waals surface area contributed by atoms with Crippen LogP contribution in [-0.4, -0.2) is 23.2 Å². The molecule has 0 spiro atoms. The van der Waals surface area contributed by atoms with Gasteiger partial charge in [-0.25, -0.2) is 0 Å². The number of anilines is 1. The van der Waals surface area contributed by atoms with Crippen LogP contribution in [0.3, 0.4) is 0 Å². The number of carbonyl (C=O) groups is 2. The lowest BCUT2D eigenvalue weighted by Gasteiger charge is -2.13. The summed E-state index contributed by atoms with van der Waals surface area (Å²) >= 11 is 0. The number of carbonyl (C=O) groups excluding carboxylic acids is 2. The molecule has 4 N–H and O–H groups in total. The van der Waals surface area contributed by atoms with Gasteiger partial charge in [0.2, 0.25) is 5.91 Å². The average Bonchev–Trinajstić information content (AvgIpc) is 2.78. The molecule has 2 aromatic carbocycles. The topological polar surface area (TPSA) is 106 Å². The third kappa shape index (κ3) is 7.62. The number of rotatable bonds is 8. The fourth-order valence-electron chi connectivity index (χ4n) is 2.92. The fourth-order valence-corrected chi connectivity index (χ4v) is 2.92. The number of halogens is 3. The maximum Gasteiger partial charge on any atom is 0.573 e. The van der Waals surface area contributed by atoms with Crippen LogP contribution in [0.1, 0.15) is 33.9 Å². The molecule has 33 heavy (non-hydrogen) atoms. The van der Waals surface area contributed by atoms with Crippen molar-refractivity contribution in [3.05, 3.63) is 89.7 Å². The number of hydrogen-bond donors (Lipinski definition) is 3. The van der Waals surface area contributed by atoms with E-state index in [-0.39, 0.29) is 30.5 Å². The van der Waals surface area contributed by atoms with E-state index in [1.807, 2.05) is 0 Å². The lowest BCUT2D eigenvalue weighted by atomic mass is 10.0. The Hall–Kier alpha value is -3.92. The fraction of sp³-hybridized carbons (Fsp3) is 0.174. The largest absolute Gasteiger partial charge is 0.573 e. The van der Waals surface area contributed by atoms with Gasteiger partial charge in [0, 0.05) is 42.7 Å². The molecule has 3 aromatic rings. The molecule has 1 unspecified atom stereocenters. The van der Waals surface area contributed by atoms with Gasteiger partial charge in [0.25, 0.3) is 5.91 Å². The molecule has 0 bridgehead atoms. The van der Waals surface area contributed by atoms with Crippen LogP contribution in [0.25, 0.3) is 0 Å². The van der Waals surface area contributed by atoms with E-state index in [4.69, 9.17) is 5.73 Å². The summed E-state index contributed by atoms with van der Waals surface area (Å²) in [5.41, 5.74) is 8.44. The zero-order valence-corrected chi connectivity index (χ0v) is 17.3. The first-order valence-corrected chi connectivity index (χ1v) is 9.88. The summed E-state index contributed by atoms with van der Waals surface area (Å²) < 4.78 is 40.4. The van der Waals surface area contributed by atoms with E-state index in [0.717, 1.165) is 0 Å². The molecule has 0 aliphatic rings. The highest BCUT2D eigenvalue weighted by Gasteiger charge is 2.30. The Bertz CT molecular complexity index is 1070. The summed E-state index contributed by atoms with van der Waals surface area (Å²) in [6, 6.07) is 14.6. The SMILES string of the molecule is NC(CC(=O)NCc1ccc(OC(F)(F)F)cc1)c1ccc(C(=O)Nc2ccncc2)cc1. The van der Waals surface area contributed by atoms with Gasteiger partial charge in [-0.3, -0.25) is 14.6 Å². The molecular weight excluding hydrogens is 437 g/mol. The molecule has 172 valence electrons. The van der Waals surface area contributed by atoms with Crippen molar-refractivity contribution < 1.29 is 27.5 Å². The molecular formula is C23H21F3N4O3. The standard InChI is InChI=1S/C23H21F3N4O3/c24-23(25,26)33-19-7-1-15(2-8-19)14-29-21(31)13-20(27)16-3-5-17(6-4-16)22(32)30-18-9-11-28-12-10-18/h1-12,20H,13-14,27H2,(H,29,31)(H,28,30,32). The number of hydrogen-bond acceptors (Lipinski definition) is 5. The average molecular weight is 458 g/mol. The van der Waals surface area contributed by atoms with Gasteiger partial charge in [-0.05, 0) is 47.5 Å². The summed E-state index contributed by atoms with van der Waals surface area (Å²) in [5.74, 6) is -0.944. The first-order chi connectivity index (χ1) is 15.7. The lowest BCUT2D eigenvalue weighted by molar-refractivity contribution is -0.274. The number of pyridine rings is 1. The molecule has 3 rings (SSSR count).